The van der Waals surface area contributed by atoms with Crippen LogP contribution in [0, 0.1) is 6.92 Å². The summed E-state index contributed by atoms with van der Waals surface area (Å²) in [6.07, 6.45) is 0. The van der Waals surface area contributed by atoms with Crippen LogP contribution in [0.3, 0.4) is 0 Å². The second kappa shape index (κ2) is 9.09. The van der Waals surface area contributed by atoms with E-state index in [9.17, 15) is 4.79 Å². The standard InChI is InChI=1S/C25H21N3O3/c1-17-26-23(18-7-4-3-5-8-18)16-24(27-17)28-20-9-6-10-22(15-20)31-25(29)19-11-13-21(30-2)14-12-19/h3-16H,1-2H3,(H,26,27,28). The summed E-state index contributed by atoms with van der Waals surface area (Å²) < 4.78 is 10.6. The number of hydrogen-bond donors (Lipinski definition) is 1. The van der Waals surface area contributed by atoms with Crippen molar-refractivity contribution >= 4 is 17.5 Å². The fourth-order valence-corrected chi connectivity index (χ4v) is 3.07. The predicted molar refractivity (Wildman–Crippen MR) is 120 cm³/mol. The van der Waals surface area contributed by atoms with Crippen LogP contribution in [0.5, 0.6) is 11.5 Å². The van der Waals surface area contributed by atoms with Crippen molar-refractivity contribution in [3.63, 3.8) is 0 Å². The summed E-state index contributed by atoms with van der Waals surface area (Å²) in [5, 5.41) is 3.26. The maximum absolute atomic E-state index is 12.4. The molecule has 4 aromatic rings. The highest BCUT2D eigenvalue weighted by atomic mass is 16.5. The van der Waals surface area contributed by atoms with Gasteiger partial charge >= 0.3 is 5.97 Å². The molecule has 0 saturated heterocycles. The van der Waals surface area contributed by atoms with Gasteiger partial charge in [-0.2, -0.15) is 0 Å². The molecule has 31 heavy (non-hydrogen) atoms. The van der Waals surface area contributed by atoms with Crippen LogP contribution in [-0.4, -0.2) is 23.0 Å². The fraction of sp³-hybridized carbons (Fsp3) is 0.0800. The molecule has 1 N–H and O–H groups in total. The van der Waals surface area contributed by atoms with Gasteiger partial charge in [-0.1, -0.05) is 36.4 Å². The van der Waals surface area contributed by atoms with Gasteiger partial charge in [0.1, 0.15) is 23.1 Å². The van der Waals surface area contributed by atoms with Crippen molar-refractivity contribution in [2.45, 2.75) is 6.92 Å². The van der Waals surface area contributed by atoms with E-state index in [2.05, 4.69) is 15.3 Å². The number of esters is 1. The monoisotopic (exact) mass is 411 g/mol. The molecule has 0 amide bonds. The van der Waals surface area contributed by atoms with Crippen LogP contribution >= 0.6 is 0 Å². The van der Waals surface area contributed by atoms with Gasteiger partial charge in [0.05, 0.1) is 18.4 Å². The van der Waals surface area contributed by atoms with Crippen molar-refractivity contribution < 1.29 is 14.3 Å². The lowest BCUT2D eigenvalue weighted by molar-refractivity contribution is 0.0735. The quantitative estimate of drug-likeness (QED) is 0.337. The first-order valence-corrected chi connectivity index (χ1v) is 9.75. The highest BCUT2D eigenvalue weighted by Crippen LogP contribution is 2.25. The molecule has 3 aromatic carbocycles. The number of ether oxygens (including phenoxy) is 2. The molecule has 0 radical (unpaired) electrons. The molecule has 6 heteroatoms. The van der Waals surface area contributed by atoms with E-state index in [-0.39, 0.29) is 0 Å². The number of anilines is 2. The van der Waals surface area contributed by atoms with Crippen molar-refractivity contribution in [1.82, 2.24) is 9.97 Å². The Morgan fingerprint density at radius 1 is 0.839 bits per heavy atom. The molecule has 0 aliphatic rings. The van der Waals surface area contributed by atoms with E-state index in [1.807, 2.05) is 55.5 Å². The molecule has 0 atom stereocenters. The molecule has 1 heterocycles. The van der Waals surface area contributed by atoms with Crippen LogP contribution in [0.15, 0.2) is 84.9 Å². The molecule has 0 unspecified atom stereocenters. The Morgan fingerprint density at radius 2 is 1.61 bits per heavy atom. The number of aromatic nitrogens is 2. The van der Waals surface area contributed by atoms with Gasteiger partial charge in [0.15, 0.2) is 0 Å². The molecule has 1 aromatic heterocycles. The van der Waals surface area contributed by atoms with E-state index in [1.165, 1.54) is 0 Å². The molecule has 0 aliphatic heterocycles. The maximum atomic E-state index is 12.4. The molecule has 0 bridgehead atoms. The number of rotatable bonds is 6. The number of benzene rings is 3. The average molecular weight is 411 g/mol. The molecule has 6 nitrogen and oxygen atoms in total. The number of carbonyl (C=O) groups excluding carboxylic acids is 1. The van der Waals surface area contributed by atoms with Gasteiger partial charge in [0.25, 0.3) is 0 Å². The van der Waals surface area contributed by atoms with E-state index < -0.39 is 5.97 Å². The van der Waals surface area contributed by atoms with E-state index in [1.54, 1.807) is 43.5 Å². The zero-order valence-electron chi connectivity index (χ0n) is 17.2. The first kappa shape index (κ1) is 20.1. The molecule has 154 valence electrons. The zero-order chi connectivity index (χ0) is 21.6. The van der Waals surface area contributed by atoms with E-state index in [0.29, 0.717) is 28.7 Å². The number of aryl methyl sites for hydroxylation is 1. The Morgan fingerprint density at radius 3 is 2.35 bits per heavy atom. The van der Waals surface area contributed by atoms with Gasteiger partial charge in [-0.3, -0.25) is 0 Å². The van der Waals surface area contributed by atoms with Gasteiger partial charge < -0.3 is 14.8 Å². The normalized spacial score (nSPS) is 10.4. The minimum Gasteiger partial charge on any atom is -0.497 e. The van der Waals surface area contributed by atoms with Gasteiger partial charge in [-0.05, 0) is 43.3 Å². The Kier molecular flexibility index (Phi) is 5.89. The highest BCUT2D eigenvalue weighted by molar-refractivity contribution is 5.91. The number of nitrogens with one attached hydrogen (secondary N) is 1. The SMILES string of the molecule is COc1ccc(C(=O)Oc2cccc(Nc3cc(-c4ccccc4)nc(C)n3)c2)cc1. The van der Waals surface area contributed by atoms with E-state index in [4.69, 9.17) is 9.47 Å². The van der Waals surface area contributed by atoms with Crippen LogP contribution in [0.25, 0.3) is 11.3 Å². The zero-order valence-corrected chi connectivity index (χ0v) is 17.2. The fourth-order valence-electron chi connectivity index (χ4n) is 3.07. The topological polar surface area (TPSA) is 73.3 Å². The molecule has 4 rings (SSSR count). The molecular formula is C25H21N3O3. The maximum Gasteiger partial charge on any atom is 0.343 e. The third-order valence-corrected chi connectivity index (χ3v) is 4.55. The van der Waals surface area contributed by atoms with Gasteiger partial charge in [-0.25, -0.2) is 14.8 Å². The van der Waals surface area contributed by atoms with Crippen LogP contribution in [0.4, 0.5) is 11.5 Å². The summed E-state index contributed by atoms with van der Waals surface area (Å²) in [5.41, 5.74) is 3.03. The van der Waals surface area contributed by atoms with Crippen LogP contribution in [0.2, 0.25) is 0 Å². The van der Waals surface area contributed by atoms with Crippen molar-refractivity contribution in [3.05, 3.63) is 96.3 Å². The molecule has 0 spiro atoms. The largest absolute Gasteiger partial charge is 0.497 e. The van der Waals surface area contributed by atoms with Crippen molar-refractivity contribution in [1.29, 1.82) is 0 Å². The smallest absolute Gasteiger partial charge is 0.343 e. The molecule has 0 fully saturated rings. The first-order chi connectivity index (χ1) is 15.1. The predicted octanol–water partition coefficient (Wildman–Crippen LogP) is 5.42. The average Bonchev–Trinajstić information content (AvgIpc) is 2.79. The lowest BCUT2D eigenvalue weighted by Crippen LogP contribution is -2.08. The van der Waals surface area contributed by atoms with Gasteiger partial charge in [-0.15, -0.1) is 0 Å². The number of methoxy groups -OCH3 is 1. The van der Waals surface area contributed by atoms with Crippen LogP contribution < -0.4 is 14.8 Å². The number of carbonyl (C=O) groups is 1. The molecule has 0 aliphatic carbocycles. The Balaban J connectivity index is 1.51. The van der Waals surface area contributed by atoms with Crippen molar-refractivity contribution in [2.24, 2.45) is 0 Å². The first-order valence-electron chi connectivity index (χ1n) is 9.75. The lowest BCUT2D eigenvalue weighted by Gasteiger charge is -2.10. The number of nitrogens with zero attached hydrogens (tertiary/aromatic N) is 2. The van der Waals surface area contributed by atoms with E-state index >= 15 is 0 Å². The Labute approximate surface area is 180 Å². The molecule has 0 saturated carbocycles. The minimum atomic E-state index is -0.441. The van der Waals surface area contributed by atoms with E-state index in [0.717, 1.165) is 16.9 Å². The third kappa shape index (κ3) is 5.05. The second-order valence-electron chi connectivity index (χ2n) is 6.82. The highest BCUT2D eigenvalue weighted by Gasteiger charge is 2.10. The van der Waals surface area contributed by atoms with Gasteiger partial charge in [0.2, 0.25) is 0 Å². The Bertz CT molecular complexity index is 1190. The summed E-state index contributed by atoms with van der Waals surface area (Å²) in [4.78, 5) is 21.4. The third-order valence-electron chi connectivity index (χ3n) is 4.55. The summed E-state index contributed by atoms with van der Waals surface area (Å²) in [6.45, 7) is 1.85. The molecular weight excluding hydrogens is 390 g/mol. The Hall–Kier alpha value is -4.19. The number of hydrogen-bond acceptors (Lipinski definition) is 6. The summed E-state index contributed by atoms with van der Waals surface area (Å²) >= 11 is 0. The minimum absolute atomic E-state index is 0.430. The summed E-state index contributed by atoms with van der Waals surface area (Å²) in [6, 6.07) is 25.7. The van der Waals surface area contributed by atoms with Crippen molar-refractivity contribution in [2.75, 3.05) is 12.4 Å². The van der Waals surface area contributed by atoms with Crippen LogP contribution in [-0.2, 0) is 0 Å². The lowest BCUT2D eigenvalue weighted by atomic mass is 10.1. The summed E-state index contributed by atoms with van der Waals surface area (Å²) in [5.74, 6) is 1.98. The van der Waals surface area contributed by atoms with Crippen molar-refractivity contribution in [3.8, 4) is 22.8 Å². The van der Waals surface area contributed by atoms with Gasteiger partial charge in [0, 0.05) is 23.4 Å². The van der Waals surface area contributed by atoms with Crippen LogP contribution in [0.1, 0.15) is 16.2 Å². The second-order valence-corrected chi connectivity index (χ2v) is 6.82. The summed E-state index contributed by atoms with van der Waals surface area (Å²) in [7, 11) is 1.58.